The van der Waals surface area contributed by atoms with Crippen LogP contribution in [0.3, 0.4) is 0 Å². The van der Waals surface area contributed by atoms with Crippen molar-refractivity contribution in [1.82, 2.24) is 4.90 Å². The lowest BCUT2D eigenvalue weighted by atomic mass is 9.56. The number of hydrogen-bond donors (Lipinski definition) is 2. The van der Waals surface area contributed by atoms with E-state index in [9.17, 15) is 5.11 Å². The van der Waals surface area contributed by atoms with E-state index in [0.29, 0.717) is 24.3 Å². The van der Waals surface area contributed by atoms with Gasteiger partial charge in [-0.3, -0.25) is 4.99 Å². The Balaban J connectivity index is 1.42. The van der Waals surface area contributed by atoms with E-state index in [1.807, 2.05) is 0 Å². The van der Waals surface area contributed by atoms with E-state index in [1.54, 1.807) is 0 Å². The zero-order chi connectivity index (χ0) is 14.5. The zero-order valence-electron chi connectivity index (χ0n) is 13.1. The Morgan fingerprint density at radius 3 is 2.48 bits per heavy atom. The highest BCUT2D eigenvalue weighted by atomic mass is 16.3. The molecule has 9 atom stereocenters. The molecular formula is C17H27N3O. The molecule has 5 rings (SSSR count). The summed E-state index contributed by atoms with van der Waals surface area (Å²) in [7, 11) is 0. The lowest BCUT2D eigenvalue weighted by Gasteiger charge is -2.51. The molecule has 5 aliphatic rings. The van der Waals surface area contributed by atoms with Crippen molar-refractivity contribution in [2.75, 3.05) is 19.6 Å². The third kappa shape index (κ3) is 1.19. The first-order valence-electron chi connectivity index (χ1n) is 8.89. The molecule has 21 heavy (non-hydrogen) atoms. The molecule has 0 aromatic rings. The summed E-state index contributed by atoms with van der Waals surface area (Å²) in [5.41, 5.74) is 5.60. The number of nitrogens with two attached hydrogens (primary N) is 1. The van der Waals surface area contributed by atoms with Gasteiger partial charge in [0.15, 0.2) is 5.96 Å². The summed E-state index contributed by atoms with van der Waals surface area (Å²) in [5.74, 6) is 6.96. The van der Waals surface area contributed by atoms with Gasteiger partial charge in [-0.15, -0.1) is 0 Å². The third-order valence-electron chi connectivity index (χ3n) is 8.10. The van der Waals surface area contributed by atoms with Crippen molar-refractivity contribution in [3.8, 4) is 0 Å². The normalized spacial score (nSPS) is 58.1. The maximum atomic E-state index is 11.5. The van der Waals surface area contributed by atoms with Gasteiger partial charge in [-0.05, 0) is 74.0 Å². The third-order valence-corrected chi connectivity index (χ3v) is 8.10. The molecule has 2 bridgehead atoms. The Kier molecular flexibility index (Phi) is 2.28. The van der Waals surface area contributed by atoms with Crippen molar-refractivity contribution in [1.29, 1.82) is 0 Å². The average Bonchev–Trinajstić information content (AvgIpc) is 2.97. The standard InChI is InChI=1S/C17H27N3O/c1-3-20(4-2)16(18)19-7-17(21)14-9-6-10-12-8(9)5-11(14)13(12)15(10)17/h8-15,21H,3-7H2,1-2H3,(H2,18,19). The van der Waals surface area contributed by atoms with E-state index in [-0.39, 0.29) is 0 Å². The number of fused-ring (bicyclic) bond motifs is 2. The number of hydrogen-bond acceptors (Lipinski definition) is 2. The monoisotopic (exact) mass is 289 g/mol. The maximum absolute atomic E-state index is 11.5. The molecule has 9 unspecified atom stereocenters. The fourth-order valence-corrected chi connectivity index (χ4v) is 7.79. The second-order valence-corrected chi connectivity index (χ2v) is 8.17. The van der Waals surface area contributed by atoms with Crippen LogP contribution in [0.5, 0.6) is 0 Å². The maximum Gasteiger partial charge on any atom is 0.191 e. The average molecular weight is 289 g/mol. The Bertz CT molecular complexity index is 510. The van der Waals surface area contributed by atoms with Crippen molar-refractivity contribution < 1.29 is 5.11 Å². The van der Waals surface area contributed by atoms with E-state index < -0.39 is 5.60 Å². The lowest BCUT2D eigenvalue weighted by Crippen LogP contribution is -2.56. The summed E-state index contributed by atoms with van der Waals surface area (Å²) in [6, 6.07) is 0. The van der Waals surface area contributed by atoms with Gasteiger partial charge in [-0.2, -0.15) is 0 Å². The molecule has 5 saturated carbocycles. The van der Waals surface area contributed by atoms with Crippen LogP contribution in [0, 0.1) is 47.3 Å². The minimum absolute atomic E-state index is 0.525. The first-order valence-corrected chi connectivity index (χ1v) is 8.89. The summed E-state index contributed by atoms with van der Waals surface area (Å²) >= 11 is 0. The first kappa shape index (κ1) is 12.7. The minimum Gasteiger partial charge on any atom is -0.387 e. The number of guanidine groups is 1. The van der Waals surface area contributed by atoms with Gasteiger partial charge < -0.3 is 15.7 Å². The molecule has 5 fully saturated rings. The minimum atomic E-state index is -0.525. The van der Waals surface area contributed by atoms with Crippen LogP contribution in [0.4, 0.5) is 0 Å². The molecule has 3 N–H and O–H groups in total. The molecule has 0 saturated heterocycles. The van der Waals surface area contributed by atoms with Gasteiger partial charge >= 0.3 is 0 Å². The van der Waals surface area contributed by atoms with Gasteiger partial charge in [0.25, 0.3) is 0 Å². The van der Waals surface area contributed by atoms with Crippen LogP contribution < -0.4 is 5.73 Å². The van der Waals surface area contributed by atoms with Crippen molar-refractivity contribution in [2.45, 2.75) is 32.3 Å². The topological polar surface area (TPSA) is 61.8 Å². The molecule has 4 nitrogen and oxygen atoms in total. The SMILES string of the molecule is CCN(CC)C(N)=NCC1(O)C2C3CC4C5C3CC2C5C41. The van der Waals surface area contributed by atoms with Crippen LogP contribution >= 0.6 is 0 Å². The fourth-order valence-electron chi connectivity index (χ4n) is 7.79. The van der Waals surface area contributed by atoms with Gasteiger partial charge in [0, 0.05) is 13.1 Å². The van der Waals surface area contributed by atoms with E-state index >= 15 is 0 Å². The molecule has 0 spiro atoms. The van der Waals surface area contributed by atoms with Crippen LogP contribution in [-0.4, -0.2) is 41.2 Å². The van der Waals surface area contributed by atoms with Crippen LogP contribution in [0.1, 0.15) is 26.7 Å². The van der Waals surface area contributed by atoms with Crippen LogP contribution in [0.15, 0.2) is 4.99 Å². The van der Waals surface area contributed by atoms with E-state index in [2.05, 4.69) is 23.7 Å². The Morgan fingerprint density at radius 2 is 1.76 bits per heavy atom. The number of rotatable bonds is 4. The van der Waals surface area contributed by atoms with Crippen molar-refractivity contribution in [3.63, 3.8) is 0 Å². The second kappa shape index (κ2) is 3.76. The molecule has 0 aromatic carbocycles. The smallest absolute Gasteiger partial charge is 0.191 e. The highest BCUT2D eigenvalue weighted by Crippen LogP contribution is 2.85. The number of aliphatic imine (C=N–C) groups is 1. The Labute approximate surface area is 126 Å². The van der Waals surface area contributed by atoms with Gasteiger partial charge in [0.1, 0.15) is 0 Å². The molecule has 4 heteroatoms. The quantitative estimate of drug-likeness (QED) is 0.603. The second-order valence-electron chi connectivity index (χ2n) is 8.17. The summed E-state index contributed by atoms with van der Waals surface area (Å²) in [6.07, 6.45) is 2.82. The molecule has 0 radical (unpaired) electrons. The predicted molar refractivity (Wildman–Crippen MR) is 81.5 cm³/mol. The first-order chi connectivity index (χ1) is 10.1. The van der Waals surface area contributed by atoms with Crippen LogP contribution in [-0.2, 0) is 0 Å². The molecule has 0 heterocycles. The molecule has 0 aliphatic heterocycles. The highest BCUT2D eigenvalue weighted by molar-refractivity contribution is 5.78. The number of nitrogens with zero attached hydrogens (tertiary/aromatic N) is 2. The van der Waals surface area contributed by atoms with Crippen molar-refractivity contribution in [3.05, 3.63) is 0 Å². The largest absolute Gasteiger partial charge is 0.387 e. The molecule has 0 amide bonds. The van der Waals surface area contributed by atoms with Gasteiger partial charge in [0.05, 0.1) is 12.1 Å². The Hall–Kier alpha value is -0.770. The van der Waals surface area contributed by atoms with E-state index in [4.69, 9.17) is 5.73 Å². The zero-order valence-corrected chi connectivity index (χ0v) is 13.1. The van der Waals surface area contributed by atoms with Crippen LogP contribution in [0.2, 0.25) is 0 Å². The summed E-state index contributed by atoms with van der Waals surface area (Å²) in [6.45, 7) is 6.52. The molecule has 116 valence electrons. The molecule has 0 aromatic heterocycles. The van der Waals surface area contributed by atoms with E-state index in [0.717, 1.165) is 48.6 Å². The Morgan fingerprint density at radius 1 is 1.10 bits per heavy atom. The van der Waals surface area contributed by atoms with Crippen molar-refractivity contribution in [2.24, 2.45) is 58.1 Å². The van der Waals surface area contributed by atoms with Crippen molar-refractivity contribution >= 4 is 5.96 Å². The molecular weight excluding hydrogens is 262 g/mol. The van der Waals surface area contributed by atoms with Gasteiger partial charge in [-0.1, -0.05) is 0 Å². The summed E-state index contributed by atoms with van der Waals surface area (Å²) < 4.78 is 0. The highest BCUT2D eigenvalue weighted by Gasteiger charge is 2.84. The summed E-state index contributed by atoms with van der Waals surface area (Å²) in [5, 5.41) is 11.5. The van der Waals surface area contributed by atoms with E-state index in [1.165, 1.54) is 12.8 Å². The van der Waals surface area contributed by atoms with Gasteiger partial charge in [0.2, 0.25) is 0 Å². The number of aliphatic hydroxyl groups is 1. The van der Waals surface area contributed by atoms with Crippen LogP contribution in [0.25, 0.3) is 0 Å². The fraction of sp³-hybridized carbons (Fsp3) is 0.941. The molecule has 5 aliphatic carbocycles. The predicted octanol–water partition coefficient (Wildman–Crippen LogP) is 1.15. The lowest BCUT2D eigenvalue weighted by molar-refractivity contribution is -0.123. The summed E-state index contributed by atoms with van der Waals surface area (Å²) in [4.78, 5) is 6.71. The van der Waals surface area contributed by atoms with Gasteiger partial charge in [-0.25, -0.2) is 0 Å².